The Labute approximate surface area is 53.3 Å². The van der Waals surface area contributed by atoms with Crippen LogP contribution in [0.5, 0.6) is 0 Å². The van der Waals surface area contributed by atoms with Crippen molar-refractivity contribution in [3.63, 3.8) is 0 Å². The molecule has 0 aromatic heterocycles. The summed E-state index contributed by atoms with van der Waals surface area (Å²) in [6.45, 7) is 1.89. The number of rotatable bonds is 1. The van der Waals surface area contributed by atoms with Gasteiger partial charge in [-0.05, 0) is 6.92 Å². The normalized spacial score (nSPS) is 12.5. The molecule has 0 spiro atoms. The van der Waals surface area contributed by atoms with Crippen molar-refractivity contribution < 1.29 is 0 Å². The molecule has 0 heterocycles. The Kier molecular flexibility index (Phi) is 9.96. The zero-order chi connectivity index (χ0) is 4.28. The van der Waals surface area contributed by atoms with Gasteiger partial charge in [0, 0.05) is 0 Å². The van der Waals surface area contributed by atoms with E-state index in [9.17, 15) is 0 Å². The van der Waals surface area contributed by atoms with Crippen molar-refractivity contribution in [2.24, 2.45) is 5.73 Å². The minimum absolute atomic E-state index is 0. The topological polar surface area (TPSA) is 26.0 Å². The number of hydrogen-bond acceptors (Lipinski definition) is 3. The van der Waals surface area contributed by atoms with E-state index in [1.54, 1.807) is 0 Å². The molecule has 0 aliphatic carbocycles. The van der Waals surface area contributed by atoms with Crippen molar-refractivity contribution in [1.82, 2.24) is 0 Å². The first-order chi connectivity index (χ1) is 2.27. The molecule has 0 bridgehead atoms. The molecule has 1 unspecified atom stereocenters. The highest BCUT2D eigenvalue weighted by molar-refractivity contribution is 8.68. The van der Waals surface area contributed by atoms with Crippen LogP contribution in [0.15, 0.2) is 0 Å². The van der Waals surface area contributed by atoms with Gasteiger partial charge >= 0.3 is 0 Å². The van der Waals surface area contributed by atoms with Gasteiger partial charge in [0.2, 0.25) is 0 Å². The van der Waals surface area contributed by atoms with E-state index < -0.39 is 0 Å². The quantitative estimate of drug-likeness (QED) is 0.331. The van der Waals surface area contributed by atoms with Gasteiger partial charge in [-0.3, -0.25) is 0 Å². The summed E-state index contributed by atoms with van der Waals surface area (Å²) in [5.41, 5.74) is 5.18. The predicted molar refractivity (Wildman–Crippen MR) is 37.5 cm³/mol. The highest BCUT2D eigenvalue weighted by atomic mass is 35.5. The fourth-order valence-corrected chi connectivity index (χ4v) is 0. The number of halogens is 1. The summed E-state index contributed by atoms with van der Waals surface area (Å²) >= 11 is 3.81. The zero-order valence-corrected chi connectivity index (χ0v) is 5.95. The SMILES string of the molecule is CC(N)SS.Cl. The van der Waals surface area contributed by atoms with Crippen LogP contribution in [0.2, 0.25) is 0 Å². The molecule has 0 aliphatic rings. The first kappa shape index (κ1) is 10.0. The molecule has 0 saturated heterocycles. The van der Waals surface area contributed by atoms with Crippen molar-refractivity contribution in [3.8, 4) is 0 Å². The highest BCUT2D eigenvalue weighted by Gasteiger charge is 1.81. The number of nitrogens with two attached hydrogens (primary N) is 1. The zero-order valence-electron chi connectivity index (χ0n) is 3.42. The molecule has 0 aromatic rings. The van der Waals surface area contributed by atoms with Crippen LogP contribution >= 0.6 is 34.9 Å². The van der Waals surface area contributed by atoms with Crippen LogP contribution in [-0.4, -0.2) is 5.37 Å². The summed E-state index contributed by atoms with van der Waals surface area (Å²) in [6, 6.07) is 0. The smallest absolute Gasteiger partial charge is 0.0580 e. The lowest BCUT2D eigenvalue weighted by atomic mass is 10.8. The van der Waals surface area contributed by atoms with Crippen molar-refractivity contribution in [1.29, 1.82) is 0 Å². The molecule has 1 atom stereocenters. The monoisotopic (exact) mass is 145 g/mol. The van der Waals surface area contributed by atoms with Gasteiger partial charge < -0.3 is 5.73 Å². The maximum atomic E-state index is 5.18. The number of hydrogen-bond donors (Lipinski definition) is 2. The average molecular weight is 146 g/mol. The summed E-state index contributed by atoms with van der Waals surface area (Å²) in [7, 11) is 1.35. The second kappa shape index (κ2) is 5.95. The van der Waals surface area contributed by atoms with E-state index in [1.807, 2.05) is 6.92 Å². The molecule has 0 amide bonds. The molecule has 4 heteroatoms. The lowest BCUT2D eigenvalue weighted by molar-refractivity contribution is 1.06. The van der Waals surface area contributed by atoms with Crippen molar-refractivity contribution in [3.05, 3.63) is 0 Å². The lowest BCUT2D eigenvalue weighted by Crippen LogP contribution is -2.05. The Hall–Kier alpha value is 0.950. The van der Waals surface area contributed by atoms with Crippen LogP contribution < -0.4 is 5.73 Å². The molecule has 0 aromatic carbocycles. The second-order valence-electron chi connectivity index (χ2n) is 0.811. The second-order valence-corrected chi connectivity index (χ2v) is 2.40. The van der Waals surface area contributed by atoms with Crippen LogP contribution in [-0.2, 0) is 0 Å². The Balaban J connectivity index is 0. The first-order valence-electron chi connectivity index (χ1n) is 1.33. The van der Waals surface area contributed by atoms with Gasteiger partial charge in [-0.15, -0.1) is 24.1 Å². The molecule has 0 fully saturated rings. The van der Waals surface area contributed by atoms with Crippen molar-refractivity contribution in [2.75, 3.05) is 0 Å². The summed E-state index contributed by atoms with van der Waals surface area (Å²) < 4.78 is 0. The van der Waals surface area contributed by atoms with E-state index in [0.29, 0.717) is 0 Å². The fourth-order valence-electron chi connectivity index (χ4n) is 0. The van der Waals surface area contributed by atoms with Gasteiger partial charge in [0.15, 0.2) is 0 Å². The average Bonchev–Trinajstić information content (AvgIpc) is 1.38. The minimum Gasteiger partial charge on any atom is -0.319 e. The predicted octanol–water partition coefficient (Wildman–Crippen LogP) is 1.29. The lowest BCUT2D eigenvalue weighted by Gasteiger charge is -1.90. The van der Waals surface area contributed by atoms with Gasteiger partial charge in [-0.25, -0.2) is 0 Å². The third kappa shape index (κ3) is 8.87. The molecule has 0 aliphatic heterocycles. The van der Waals surface area contributed by atoms with Gasteiger partial charge in [0.25, 0.3) is 0 Å². The van der Waals surface area contributed by atoms with Crippen LogP contribution in [0.3, 0.4) is 0 Å². The molecule has 6 heavy (non-hydrogen) atoms. The standard InChI is InChI=1S/C2H7NS2.ClH/c1-2(3)5-4;/h2,4H,3H2,1H3;1H. The van der Waals surface area contributed by atoms with E-state index >= 15 is 0 Å². The molecular weight excluding hydrogens is 138 g/mol. The Morgan fingerprint density at radius 1 is 1.83 bits per heavy atom. The van der Waals surface area contributed by atoms with Gasteiger partial charge in [-0.1, -0.05) is 10.8 Å². The van der Waals surface area contributed by atoms with Gasteiger partial charge in [0.1, 0.15) is 0 Å². The summed E-state index contributed by atoms with van der Waals surface area (Å²) in [4.78, 5) is 0. The van der Waals surface area contributed by atoms with Gasteiger partial charge in [-0.2, -0.15) is 0 Å². The van der Waals surface area contributed by atoms with Crippen LogP contribution in [0.1, 0.15) is 6.92 Å². The Morgan fingerprint density at radius 2 is 2.00 bits per heavy atom. The molecule has 2 N–H and O–H groups in total. The Bertz CT molecular complexity index is 25.5. The Morgan fingerprint density at radius 3 is 2.00 bits per heavy atom. The third-order valence-corrected chi connectivity index (χ3v) is 1.50. The van der Waals surface area contributed by atoms with Gasteiger partial charge in [0.05, 0.1) is 5.37 Å². The van der Waals surface area contributed by atoms with E-state index in [0.717, 1.165) is 0 Å². The first-order valence-corrected chi connectivity index (χ1v) is 3.26. The minimum atomic E-state index is 0. The summed E-state index contributed by atoms with van der Waals surface area (Å²) in [6.07, 6.45) is 0. The maximum absolute atomic E-state index is 5.18. The molecule has 0 radical (unpaired) electrons. The number of thiol groups is 1. The van der Waals surface area contributed by atoms with E-state index in [-0.39, 0.29) is 17.8 Å². The van der Waals surface area contributed by atoms with Crippen molar-refractivity contribution in [2.45, 2.75) is 12.3 Å². The highest BCUT2D eigenvalue weighted by Crippen LogP contribution is 2.06. The molecule has 40 valence electrons. The maximum Gasteiger partial charge on any atom is 0.0580 e. The van der Waals surface area contributed by atoms with E-state index in [1.165, 1.54) is 10.8 Å². The van der Waals surface area contributed by atoms with Crippen LogP contribution in [0.25, 0.3) is 0 Å². The largest absolute Gasteiger partial charge is 0.319 e. The summed E-state index contributed by atoms with van der Waals surface area (Å²) in [5.74, 6) is 0. The van der Waals surface area contributed by atoms with Crippen molar-refractivity contribution >= 4 is 34.9 Å². The summed E-state index contributed by atoms with van der Waals surface area (Å²) in [5, 5.41) is 0.165. The van der Waals surface area contributed by atoms with E-state index in [4.69, 9.17) is 5.73 Å². The molecule has 0 rings (SSSR count). The van der Waals surface area contributed by atoms with E-state index in [2.05, 4.69) is 11.7 Å². The molecule has 0 saturated carbocycles. The molecular formula is C2H8ClNS2. The van der Waals surface area contributed by atoms with Crippen LogP contribution in [0.4, 0.5) is 0 Å². The molecule has 1 nitrogen and oxygen atoms in total. The fraction of sp³-hybridized carbons (Fsp3) is 1.00. The van der Waals surface area contributed by atoms with Crippen LogP contribution in [0, 0.1) is 0 Å². The third-order valence-electron chi connectivity index (χ3n) is 0.166.